The van der Waals surface area contributed by atoms with Crippen molar-refractivity contribution in [2.45, 2.75) is 7.43 Å². The summed E-state index contributed by atoms with van der Waals surface area (Å²) in [5.74, 6) is -0.602. The zero-order valence-corrected chi connectivity index (χ0v) is 78.2. The van der Waals surface area contributed by atoms with Crippen LogP contribution in [0.3, 0.4) is 0 Å². The minimum absolute atomic E-state index is 0. The topological polar surface area (TPSA) is 201 Å². The van der Waals surface area contributed by atoms with E-state index in [1.807, 2.05) is 17.5 Å². The average molecular weight is 1890 g/mol. The Morgan fingerprint density at radius 1 is 0.247 bits per heavy atom. The van der Waals surface area contributed by atoms with E-state index >= 15 is 0 Å². The van der Waals surface area contributed by atoms with Crippen molar-refractivity contribution in [1.82, 2.24) is 34.9 Å². The quantitative estimate of drug-likeness (QED) is 0.0534. The maximum Gasteiger partial charge on any atom is 0.294 e. The Kier molecular flexibility index (Phi) is 24.6. The molecule has 15 nitrogen and oxygen atoms in total. The fourth-order valence-electron chi connectivity index (χ4n) is 19.4. The van der Waals surface area contributed by atoms with Gasteiger partial charge in [-0.05, 0) is 230 Å². The molecule has 5 heterocycles. The Balaban J connectivity index is 0.000000139. The number of nitriles is 4. The molecular weight excluding hydrogens is 1800 g/mol. The summed E-state index contributed by atoms with van der Waals surface area (Å²) in [6, 6.07) is 169. The van der Waals surface area contributed by atoms with Crippen LogP contribution in [0.25, 0.3) is 206 Å². The molecule has 146 heavy (non-hydrogen) atoms. The molecule has 0 fully saturated rings. The third-order valence-corrected chi connectivity index (χ3v) is 27.5. The average Bonchev–Trinajstić information content (AvgIpc) is 0.832. The molecule has 0 saturated heterocycles. The molecule has 0 amide bonds. The van der Waals surface area contributed by atoms with E-state index in [9.17, 15) is 21.0 Å². The number of nitrogens with zero attached hydrogens (tertiary/aromatic N) is 15. The smallest absolute Gasteiger partial charge is 0.294 e. The van der Waals surface area contributed by atoms with Crippen LogP contribution in [0.5, 0.6) is 0 Å². The van der Waals surface area contributed by atoms with Gasteiger partial charge in [0.05, 0.1) is 16.1 Å². The zero-order valence-electron chi connectivity index (χ0n) is 77.4. The van der Waals surface area contributed by atoms with Crippen molar-refractivity contribution >= 4 is 153 Å². The van der Waals surface area contributed by atoms with Crippen LogP contribution in [0.1, 0.15) is 31.6 Å². The second-order valence-electron chi connectivity index (χ2n) is 34.8. The van der Waals surface area contributed by atoms with E-state index in [4.69, 9.17) is 18.1 Å². The van der Waals surface area contributed by atoms with Crippen molar-refractivity contribution in [2.75, 3.05) is 9.80 Å². The van der Waals surface area contributed by atoms with Crippen molar-refractivity contribution in [2.24, 2.45) is 0 Å². The Morgan fingerprint density at radius 2 is 0.555 bits per heavy atom. The lowest BCUT2D eigenvalue weighted by molar-refractivity contribution is 1.17. The molecule has 20 aromatic carbocycles. The summed E-state index contributed by atoms with van der Waals surface area (Å²) < 4.78 is 2.52. The number of hydrogen-bond acceptors (Lipinski definition) is 14. The van der Waals surface area contributed by atoms with Gasteiger partial charge in [0.1, 0.15) is 46.3 Å². The molecule has 25 rings (SSSR count). The Labute approximate surface area is 847 Å². The van der Waals surface area contributed by atoms with E-state index in [1.54, 1.807) is 24.3 Å². The van der Waals surface area contributed by atoms with Gasteiger partial charge >= 0.3 is 0 Å². The molecule has 5 aromatic heterocycles. The van der Waals surface area contributed by atoms with E-state index in [2.05, 4.69) is 498 Å². The standard InChI is InChI=1S/C66H48N2.C45H27NS.C18N12.CH4.H2/c1-6-16-49(17-7-1)53-26-37-60(38-27-53)67(61-39-28-54(29-40-61)50-18-8-2-9-19-50)62-41-30-56(31-42-62)57-34-45-64(46-35-57)68(63-43-32-55(33-44-63)51-20-10-3-11-21-51)66-47-36-59(52-22-12-4-13-23-52)48-65(66)58-24-14-5-15-25-58;1-3-11-30-25-32(19-17-28(30)9-1)42-36-14-5-6-15-37(36)43(33-20-18-29-10-2-4-12-31(29)26-33)40-27-34(21-22-38(40)42)44-45-39(23-24-46-44)35-13-7-8-16-41(35)47-45;1-23-17-18(24-2)30-16-14-12(26-8(4-20)10(6-22)28-14)11-13(15(16)29-17)27-9(5-21)7(3-19)25-11;;/h1-48H;1-27H;;1H4;1H. The second kappa shape index (κ2) is 39.7. The van der Waals surface area contributed by atoms with E-state index in [0.717, 1.165) is 67.6 Å². The predicted molar refractivity (Wildman–Crippen MR) is 598 cm³/mol. The van der Waals surface area contributed by atoms with Crippen molar-refractivity contribution in [3.8, 4) is 125 Å². The molecule has 0 N–H and O–H groups in total. The number of pyridine rings is 1. The van der Waals surface area contributed by atoms with Crippen molar-refractivity contribution in [1.29, 1.82) is 21.0 Å². The van der Waals surface area contributed by atoms with Crippen molar-refractivity contribution in [3.63, 3.8) is 0 Å². The van der Waals surface area contributed by atoms with Gasteiger partial charge in [-0.15, -0.1) is 21.3 Å². The predicted octanol–water partition coefficient (Wildman–Crippen LogP) is 34.7. The van der Waals surface area contributed by atoms with Crippen LogP contribution < -0.4 is 9.80 Å². The first kappa shape index (κ1) is 90.5. The highest BCUT2D eigenvalue weighted by Gasteiger charge is 2.29. The molecule has 25 aromatic rings. The van der Waals surface area contributed by atoms with E-state index in [1.165, 1.54) is 130 Å². The number of anilines is 6. The largest absolute Gasteiger partial charge is 0.370 e. The van der Waals surface area contributed by atoms with Crippen LogP contribution in [0.4, 0.5) is 45.8 Å². The van der Waals surface area contributed by atoms with Crippen LogP contribution in [-0.4, -0.2) is 34.9 Å². The summed E-state index contributed by atoms with van der Waals surface area (Å²) in [7, 11) is 0. The van der Waals surface area contributed by atoms with Gasteiger partial charge < -0.3 is 19.5 Å². The summed E-state index contributed by atoms with van der Waals surface area (Å²) in [5.41, 5.74) is 26.7. The number of aromatic nitrogens is 7. The lowest BCUT2D eigenvalue weighted by Gasteiger charge is -2.29. The van der Waals surface area contributed by atoms with Crippen LogP contribution >= 0.6 is 11.3 Å². The Hall–Kier alpha value is -20.6. The maximum atomic E-state index is 9.29. The first-order valence-corrected chi connectivity index (χ1v) is 47.8. The normalized spacial score (nSPS) is 10.9. The third-order valence-electron chi connectivity index (χ3n) is 26.3. The fourth-order valence-corrected chi connectivity index (χ4v) is 20.6. The third kappa shape index (κ3) is 17.2. The first-order valence-electron chi connectivity index (χ1n) is 47.0. The first-order chi connectivity index (χ1) is 71.6. The van der Waals surface area contributed by atoms with Gasteiger partial charge in [-0.25, -0.2) is 19.9 Å². The summed E-state index contributed by atoms with van der Waals surface area (Å²) in [4.78, 5) is 40.9. The SMILES string of the molecule is C.[C-]#[N+]c1nc2c3nc(C#N)c(C#N)nc3c3nc(C#N)c(C#N)nc3c2nc1[N+]#[C-].[HH].c1ccc(-c2ccc(N(c3ccc(-c4ccccc4)cc3)c3ccc(-c4ccc(N(c5ccc(-c6ccccc6)cc5)c5ccc(-c6ccccc6)cc5-c5ccccc5)cc4)cc3)cc2)cc1.c1ccc2cc(-c3c4ccccc4c(-c4ccc5ccccc5c4)c4cc(-c5nccc6c5sc5ccccc56)ccc34)ccc2c1. The Morgan fingerprint density at radius 3 is 0.952 bits per heavy atom. The van der Waals surface area contributed by atoms with Gasteiger partial charge in [-0.2, -0.15) is 21.0 Å². The number of rotatable bonds is 15. The number of fused-ring (bicyclic) bond motifs is 13. The molecule has 0 atom stereocenters. The van der Waals surface area contributed by atoms with Crippen molar-refractivity contribution in [3.05, 3.63) is 501 Å². The lowest BCUT2D eigenvalue weighted by Crippen LogP contribution is -2.11. The fraction of sp³-hybridized carbons (Fsp3) is 0.00769. The van der Waals surface area contributed by atoms with E-state index in [-0.39, 0.29) is 76.4 Å². The summed E-state index contributed by atoms with van der Waals surface area (Å²) in [5, 5.41) is 49.7. The molecule has 0 saturated carbocycles. The highest BCUT2D eigenvalue weighted by Crippen LogP contribution is 2.50. The van der Waals surface area contributed by atoms with Gasteiger partial charge in [0, 0.05) is 62.7 Å². The van der Waals surface area contributed by atoms with Crippen LogP contribution in [-0.2, 0) is 0 Å². The van der Waals surface area contributed by atoms with E-state index in [0.29, 0.717) is 0 Å². The van der Waals surface area contributed by atoms with Gasteiger partial charge in [-0.3, -0.25) is 4.98 Å². The monoisotopic (exact) mass is 1880 g/mol. The Bertz CT molecular complexity index is 9240. The summed E-state index contributed by atoms with van der Waals surface area (Å²) in [6.07, 6.45) is 1.96. The molecule has 16 heteroatoms. The lowest BCUT2D eigenvalue weighted by atomic mass is 9.84. The number of thiophene rings is 1. The molecule has 682 valence electrons. The van der Waals surface area contributed by atoms with Crippen LogP contribution in [0, 0.1) is 58.5 Å². The zero-order chi connectivity index (χ0) is 97.8. The van der Waals surface area contributed by atoms with Gasteiger partial charge in [0.25, 0.3) is 11.6 Å². The van der Waals surface area contributed by atoms with E-state index < -0.39 is 0 Å². The summed E-state index contributed by atoms with van der Waals surface area (Å²) in [6.45, 7) is 14.5. The van der Waals surface area contributed by atoms with Crippen LogP contribution in [0.2, 0.25) is 0 Å². The van der Waals surface area contributed by atoms with Gasteiger partial charge in [-0.1, -0.05) is 366 Å². The molecule has 0 bridgehead atoms. The van der Waals surface area contributed by atoms with Gasteiger partial charge in [0.2, 0.25) is 11.0 Å². The second-order valence-corrected chi connectivity index (χ2v) is 35.8. The number of benzene rings is 20. The number of hydrogen-bond donors (Lipinski definition) is 0. The molecule has 0 unspecified atom stereocenters. The van der Waals surface area contributed by atoms with Gasteiger partial charge in [0.15, 0.2) is 22.8 Å². The molecule has 0 radical (unpaired) electrons. The molecular formula is C130H81N15S. The molecule has 0 aliphatic rings. The minimum Gasteiger partial charge on any atom is -0.370 e. The highest BCUT2D eigenvalue weighted by molar-refractivity contribution is 7.26. The maximum absolute atomic E-state index is 9.29. The molecule has 0 aliphatic heterocycles. The van der Waals surface area contributed by atoms with Crippen LogP contribution in [0.15, 0.2) is 455 Å². The molecule has 0 aliphatic carbocycles. The molecule has 0 spiro atoms. The van der Waals surface area contributed by atoms with Crippen molar-refractivity contribution < 1.29 is 1.43 Å². The minimum atomic E-state index is -0.301. The highest BCUT2D eigenvalue weighted by atomic mass is 32.1. The summed E-state index contributed by atoms with van der Waals surface area (Å²) >= 11 is 1.83.